The molecule has 6 heteroatoms. The van der Waals surface area contributed by atoms with Crippen molar-refractivity contribution in [3.8, 4) is 0 Å². The molecule has 0 aliphatic heterocycles. The van der Waals surface area contributed by atoms with E-state index >= 15 is 0 Å². The van der Waals surface area contributed by atoms with Gasteiger partial charge < -0.3 is 15.4 Å². The molecule has 0 aromatic heterocycles. The van der Waals surface area contributed by atoms with Gasteiger partial charge in [0.1, 0.15) is 0 Å². The Balaban J connectivity index is 3.89. The van der Waals surface area contributed by atoms with Gasteiger partial charge in [0.05, 0.1) is 12.1 Å². The highest BCUT2D eigenvalue weighted by Crippen LogP contribution is 1.90. The fourth-order valence-corrected chi connectivity index (χ4v) is 1.51. The first-order valence-corrected chi connectivity index (χ1v) is 6.83. The van der Waals surface area contributed by atoms with Crippen molar-refractivity contribution in [2.45, 2.75) is 45.7 Å². The molecule has 2 unspecified atom stereocenters. The smallest absolute Gasteiger partial charge is 0.236 e. The van der Waals surface area contributed by atoms with Crippen LogP contribution in [-0.4, -0.2) is 50.7 Å². The van der Waals surface area contributed by atoms with Gasteiger partial charge in [-0.05, 0) is 26.7 Å². The van der Waals surface area contributed by atoms with Crippen molar-refractivity contribution in [2.75, 3.05) is 26.8 Å². The molecule has 3 N–H and O–H groups in total. The summed E-state index contributed by atoms with van der Waals surface area (Å²) in [5.74, 6) is -0.188. The molecule has 6 nitrogen and oxygen atoms in total. The summed E-state index contributed by atoms with van der Waals surface area (Å²) >= 11 is 0. The molecule has 0 rings (SSSR count). The van der Waals surface area contributed by atoms with Crippen molar-refractivity contribution in [3.05, 3.63) is 0 Å². The molecule has 2 atom stereocenters. The molecule has 0 bridgehead atoms. The molecule has 0 radical (unpaired) electrons. The first-order valence-electron chi connectivity index (χ1n) is 6.83. The van der Waals surface area contributed by atoms with E-state index in [1.54, 1.807) is 21.0 Å². The molecule has 0 saturated heterocycles. The Labute approximate surface area is 115 Å². The van der Waals surface area contributed by atoms with Crippen LogP contribution >= 0.6 is 0 Å². The van der Waals surface area contributed by atoms with Crippen molar-refractivity contribution in [2.24, 2.45) is 0 Å². The van der Waals surface area contributed by atoms with E-state index in [0.717, 1.165) is 12.8 Å². The Bertz CT molecular complexity index is 272. The third kappa shape index (κ3) is 8.56. The Kier molecular flexibility index (Phi) is 10.1. The fourth-order valence-electron chi connectivity index (χ4n) is 1.51. The lowest BCUT2D eigenvalue weighted by atomic mass is 10.2. The van der Waals surface area contributed by atoms with E-state index in [0.29, 0.717) is 19.7 Å². The lowest BCUT2D eigenvalue weighted by molar-refractivity contribution is -0.125. The zero-order chi connectivity index (χ0) is 14.7. The number of amides is 2. The Morgan fingerprint density at radius 2 is 1.58 bits per heavy atom. The molecule has 0 heterocycles. The van der Waals surface area contributed by atoms with E-state index in [2.05, 4.69) is 16.0 Å². The lowest BCUT2D eigenvalue weighted by Gasteiger charge is -2.19. The van der Waals surface area contributed by atoms with Crippen LogP contribution in [0.25, 0.3) is 0 Å². The maximum absolute atomic E-state index is 11.7. The van der Waals surface area contributed by atoms with Crippen LogP contribution in [-0.2, 0) is 14.3 Å². The summed E-state index contributed by atoms with van der Waals surface area (Å²) in [6.45, 7) is 7.35. The lowest BCUT2D eigenvalue weighted by Crippen LogP contribution is -2.51. The summed E-state index contributed by atoms with van der Waals surface area (Å²) in [4.78, 5) is 23.4. The van der Waals surface area contributed by atoms with Crippen molar-refractivity contribution < 1.29 is 14.3 Å². The van der Waals surface area contributed by atoms with Gasteiger partial charge in [0.2, 0.25) is 11.8 Å². The summed E-state index contributed by atoms with van der Waals surface area (Å²) in [6.07, 6.45) is 1.68. The predicted molar refractivity (Wildman–Crippen MR) is 74.9 cm³/mol. The Morgan fingerprint density at radius 3 is 2.05 bits per heavy atom. The zero-order valence-corrected chi connectivity index (χ0v) is 12.4. The predicted octanol–water partition coefficient (Wildman–Crippen LogP) is 0.0319. The van der Waals surface area contributed by atoms with Crippen LogP contribution in [0.5, 0.6) is 0 Å². The van der Waals surface area contributed by atoms with Gasteiger partial charge in [-0.15, -0.1) is 0 Å². The van der Waals surface area contributed by atoms with Crippen LogP contribution < -0.4 is 16.0 Å². The monoisotopic (exact) mass is 273 g/mol. The summed E-state index contributed by atoms with van der Waals surface area (Å²) < 4.78 is 4.90. The zero-order valence-electron chi connectivity index (χ0n) is 12.4. The molecule has 0 aliphatic rings. The standard InChI is InChI=1S/C13H27N3O3/c1-5-7-14-12(17)10(2)16-11(3)13(18)15-8-6-9-19-4/h10-11,16H,5-9H2,1-4H3,(H,14,17)(H,15,18). The first-order chi connectivity index (χ1) is 9.02. The normalized spacial score (nSPS) is 13.7. The molecule has 112 valence electrons. The summed E-state index contributed by atoms with van der Waals surface area (Å²) in [5.41, 5.74) is 0. The third-order valence-electron chi connectivity index (χ3n) is 2.66. The van der Waals surface area contributed by atoms with E-state index in [1.807, 2.05) is 6.92 Å². The molecule has 0 spiro atoms. The highest BCUT2D eigenvalue weighted by molar-refractivity contribution is 5.84. The molecule has 0 aromatic rings. The maximum atomic E-state index is 11.7. The minimum atomic E-state index is -0.398. The first kappa shape index (κ1) is 17.9. The van der Waals surface area contributed by atoms with Crippen LogP contribution in [0.3, 0.4) is 0 Å². The molecule has 19 heavy (non-hydrogen) atoms. The van der Waals surface area contributed by atoms with E-state index in [9.17, 15) is 9.59 Å². The number of carbonyl (C=O) groups is 2. The van der Waals surface area contributed by atoms with Gasteiger partial charge >= 0.3 is 0 Å². The van der Waals surface area contributed by atoms with Gasteiger partial charge in [-0.3, -0.25) is 14.9 Å². The summed E-state index contributed by atoms with van der Waals surface area (Å²) in [5, 5.41) is 8.55. The number of nitrogens with one attached hydrogen (secondary N) is 3. The molecule has 0 aromatic carbocycles. The molecule has 0 saturated carbocycles. The van der Waals surface area contributed by atoms with Crippen LogP contribution in [0.4, 0.5) is 0 Å². The van der Waals surface area contributed by atoms with Gasteiger partial charge in [-0.25, -0.2) is 0 Å². The quantitative estimate of drug-likeness (QED) is 0.491. The number of hydrogen-bond donors (Lipinski definition) is 3. The van der Waals surface area contributed by atoms with Crippen molar-refractivity contribution in [1.29, 1.82) is 0 Å². The second-order valence-electron chi connectivity index (χ2n) is 4.54. The maximum Gasteiger partial charge on any atom is 0.236 e. The minimum absolute atomic E-state index is 0.0825. The number of hydrogen-bond acceptors (Lipinski definition) is 4. The number of methoxy groups -OCH3 is 1. The molecule has 0 fully saturated rings. The average molecular weight is 273 g/mol. The van der Waals surface area contributed by atoms with Crippen LogP contribution in [0.2, 0.25) is 0 Å². The SMILES string of the molecule is CCCNC(=O)C(C)NC(C)C(=O)NCCCOC. The second-order valence-corrected chi connectivity index (χ2v) is 4.54. The van der Waals surface area contributed by atoms with Gasteiger partial charge in [0.15, 0.2) is 0 Å². The van der Waals surface area contributed by atoms with Crippen LogP contribution in [0.1, 0.15) is 33.6 Å². The van der Waals surface area contributed by atoms with Gasteiger partial charge in [-0.1, -0.05) is 6.92 Å². The minimum Gasteiger partial charge on any atom is -0.385 e. The topological polar surface area (TPSA) is 79.5 Å². The molecular weight excluding hydrogens is 246 g/mol. The summed E-state index contributed by atoms with van der Waals surface area (Å²) in [7, 11) is 1.63. The van der Waals surface area contributed by atoms with Crippen LogP contribution in [0, 0.1) is 0 Å². The number of ether oxygens (including phenoxy) is 1. The highest BCUT2D eigenvalue weighted by Gasteiger charge is 2.18. The number of carbonyl (C=O) groups excluding carboxylic acids is 2. The number of rotatable bonds is 10. The van der Waals surface area contributed by atoms with Gasteiger partial charge in [-0.2, -0.15) is 0 Å². The van der Waals surface area contributed by atoms with Crippen LogP contribution in [0.15, 0.2) is 0 Å². The molecule has 2 amide bonds. The van der Waals surface area contributed by atoms with Crippen molar-refractivity contribution >= 4 is 11.8 Å². The van der Waals surface area contributed by atoms with E-state index in [1.165, 1.54) is 0 Å². The largest absolute Gasteiger partial charge is 0.385 e. The van der Waals surface area contributed by atoms with E-state index < -0.39 is 6.04 Å². The molecular formula is C13H27N3O3. The Hall–Kier alpha value is -1.14. The summed E-state index contributed by atoms with van der Waals surface area (Å²) in [6, 6.07) is -0.781. The van der Waals surface area contributed by atoms with Gasteiger partial charge in [0, 0.05) is 26.8 Å². The average Bonchev–Trinajstić information content (AvgIpc) is 2.40. The van der Waals surface area contributed by atoms with E-state index in [4.69, 9.17) is 4.74 Å². The Morgan fingerprint density at radius 1 is 1.05 bits per heavy atom. The molecule has 0 aliphatic carbocycles. The highest BCUT2D eigenvalue weighted by atomic mass is 16.5. The van der Waals surface area contributed by atoms with Gasteiger partial charge in [0.25, 0.3) is 0 Å². The van der Waals surface area contributed by atoms with Crippen molar-refractivity contribution in [1.82, 2.24) is 16.0 Å². The fraction of sp³-hybridized carbons (Fsp3) is 0.846. The third-order valence-corrected chi connectivity index (χ3v) is 2.66. The second kappa shape index (κ2) is 10.8. The van der Waals surface area contributed by atoms with Crippen molar-refractivity contribution in [3.63, 3.8) is 0 Å². The van der Waals surface area contributed by atoms with E-state index in [-0.39, 0.29) is 17.9 Å².